The molecule has 0 fully saturated rings. The second-order valence-electron chi connectivity index (χ2n) is 4.74. The molecule has 4 nitrogen and oxygen atoms in total. The number of aliphatic hydroxyl groups excluding tert-OH is 1. The van der Waals surface area contributed by atoms with Gasteiger partial charge in [-0.2, -0.15) is 11.8 Å². The molecule has 0 aliphatic carbocycles. The Labute approximate surface area is 109 Å². The van der Waals surface area contributed by atoms with Crippen LogP contribution in [-0.2, 0) is 4.79 Å². The number of aliphatic hydroxyl groups is 1. The van der Waals surface area contributed by atoms with Crippen molar-refractivity contribution >= 4 is 17.7 Å². The summed E-state index contributed by atoms with van der Waals surface area (Å²) in [5.41, 5.74) is 4.82. The number of nitrogens with two attached hydrogens (primary N) is 1. The van der Waals surface area contributed by atoms with E-state index in [1.54, 1.807) is 11.8 Å². The van der Waals surface area contributed by atoms with E-state index in [0.717, 1.165) is 30.9 Å². The van der Waals surface area contributed by atoms with Crippen molar-refractivity contribution in [2.45, 2.75) is 39.2 Å². The van der Waals surface area contributed by atoms with Crippen LogP contribution in [0, 0.1) is 5.92 Å². The lowest BCUT2D eigenvalue weighted by atomic mass is 9.98. The average molecular weight is 262 g/mol. The van der Waals surface area contributed by atoms with Gasteiger partial charge in [0.15, 0.2) is 0 Å². The molecule has 0 radical (unpaired) electrons. The molecule has 5 heteroatoms. The van der Waals surface area contributed by atoms with Crippen molar-refractivity contribution in [2.24, 2.45) is 11.7 Å². The second kappa shape index (κ2) is 8.78. The van der Waals surface area contributed by atoms with Crippen LogP contribution < -0.4 is 11.1 Å². The average Bonchev–Trinajstić information content (AvgIpc) is 2.31. The number of carbonyl (C=O) groups is 1. The summed E-state index contributed by atoms with van der Waals surface area (Å²) in [4.78, 5) is 11.4. The summed E-state index contributed by atoms with van der Waals surface area (Å²) in [5, 5.41) is 12.1. The Morgan fingerprint density at radius 2 is 2.24 bits per heavy atom. The smallest absolute Gasteiger partial charge is 0.237 e. The number of hydrogen-bond acceptors (Lipinski definition) is 4. The molecule has 17 heavy (non-hydrogen) atoms. The van der Waals surface area contributed by atoms with Crippen LogP contribution in [0.25, 0.3) is 0 Å². The van der Waals surface area contributed by atoms with Crippen LogP contribution in [0.2, 0.25) is 0 Å². The van der Waals surface area contributed by atoms with E-state index in [9.17, 15) is 4.79 Å². The minimum Gasteiger partial charge on any atom is -0.396 e. The van der Waals surface area contributed by atoms with Crippen molar-refractivity contribution in [3.63, 3.8) is 0 Å². The van der Waals surface area contributed by atoms with Crippen molar-refractivity contribution < 1.29 is 9.90 Å². The Hall–Kier alpha value is -0.260. The summed E-state index contributed by atoms with van der Waals surface area (Å²) in [6.07, 6.45) is 1.71. The van der Waals surface area contributed by atoms with Crippen LogP contribution in [0.5, 0.6) is 0 Å². The number of hydrogen-bond donors (Lipinski definition) is 3. The number of carbonyl (C=O) groups excluding carboxylic acids is 1. The maximum Gasteiger partial charge on any atom is 0.237 e. The van der Waals surface area contributed by atoms with E-state index >= 15 is 0 Å². The molecule has 2 atom stereocenters. The van der Waals surface area contributed by atoms with Crippen LogP contribution in [0.15, 0.2) is 0 Å². The molecule has 0 saturated carbocycles. The van der Waals surface area contributed by atoms with Gasteiger partial charge in [0, 0.05) is 6.61 Å². The lowest BCUT2D eigenvalue weighted by Gasteiger charge is -2.27. The first-order valence-corrected chi connectivity index (χ1v) is 7.35. The molecule has 0 aliphatic rings. The van der Waals surface area contributed by atoms with Gasteiger partial charge in [0.2, 0.25) is 5.91 Å². The predicted molar refractivity (Wildman–Crippen MR) is 74.1 cm³/mol. The molecule has 0 aromatic rings. The molecule has 0 saturated heterocycles. The molecule has 0 spiro atoms. The highest BCUT2D eigenvalue weighted by atomic mass is 32.2. The summed E-state index contributed by atoms with van der Waals surface area (Å²) in [7, 11) is 0. The van der Waals surface area contributed by atoms with Gasteiger partial charge in [-0.15, -0.1) is 0 Å². The van der Waals surface area contributed by atoms with E-state index in [1.807, 2.05) is 13.8 Å². The first-order chi connectivity index (χ1) is 7.96. The van der Waals surface area contributed by atoms with Gasteiger partial charge in [0.05, 0.1) is 5.54 Å². The van der Waals surface area contributed by atoms with E-state index in [2.05, 4.69) is 12.2 Å². The summed E-state index contributed by atoms with van der Waals surface area (Å²) in [5.74, 6) is 1.81. The lowest BCUT2D eigenvalue weighted by molar-refractivity contribution is -0.123. The van der Waals surface area contributed by atoms with Crippen molar-refractivity contribution in [1.82, 2.24) is 5.32 Å². The first kappa shape index (κ1) is 16.7. The van der Waals surface area contributed by atoms with E-state index in [4.69, 9.17) is 10.8 Å². The third-order valence-electron chi connectivity index (χ3n) is 2.77. The quantitative estimate of drug-likeness (QED) is 0.513. The molecule has 0 rings (SSSR count). The maximum absolute atomic E-state index is 11.4. The van der Waals surface area contributed by atoms with E-state index in [0.29, 0.717) is 5.92 Å². The van der Waals surface area contributed by atoms with Crippen LogP contribution in [0.1, 0.15) is 33.6 Å². The van der Waals surface area contributed by atoms with E-state index < -0.39 is 5.54 Å². The molecule has 0 aliphatic heterocycles. The number of amides is 1. The molecular formula is C12H26N2O2S. The molecule has 0 aromatic carbocycles. The zero-order valence-electron chi connectivity index (χ0n) is 11.2. The minimum absolute atomic E-state index is 0.216. The number of primary amides is 1. The zero-order chi connectivity index (χ0) is 13.3. The third-order valence-corrected chi connectivity index (χ3v) is 4.07. The molecule has 0 heterocycles. The fourth-order valence-electron chi connectivity index (χ4n) is 1.31. The molecule has 0 aromatic heterocycles. The summed E-state index contributed by atoms with van der Waals surface area (Å²) < 4.78 is 0. The Morgan fingerprint density at radius 1 is 1.59 bits per heavy atom. The van der Waals surface area contributed by atoms with Crippen LogP contribution in [0.3, 0.4) is 0 Å². The van der Waals surface area contributed by atoms with Crippen LogP contribution in [0.4, 0.5) is 0 Å². The van der Waals surface area contributed by atoms with Crippen molar-refractivity contribution in [3.05, 3.63) is 0 Å². The van der Waals surface area contributed by atoms with Crippen molar-refractivity contribution in [3.8, 4) is 0 Å². The number of nitrogens with one attached hydrogen (secondary N) is 1. The number of thioether (sulfide) groups is 1. The van der Waals surface area contributed by atoms with Gasteiger partial charge in [-0.25, -0.2) is 0 Å². The summed E-state index contributed by atoms with van der Waals surface area (Å²) in [6, 6.07) is 0. The first-order valence-electron chi connectivity index (χ1n) is 6.19. The van der Waals surface area contributed by atoms with Gasteiger partial charge in [-0.05, 0) is 43.7 Å². The van der Waals surface area contributed by atoms with Gasteiger partial charge in [0.1, 0.15) is 0 Å². The zero-order valence-corrected chi connectivity index (χ0v) is 12.0. The highest BCUT2D eigenvalue weighted by Gasteiger charge is 2.29. The van der Waals surface area contributed by atoms with Gasteiger partial charge < -0.3 is 16.2 Å². The summed E-state index contributed by atoms with van der Waals surface area (Å²) >= 11 is 1.76. The Balaban J connectivity index is 3.96. The Kier molecular flexibility index (Phi) is 8.64. The molecule has 102 valence electrons. The molecular weight excluding hydrogens is 236 g/mol. The summed E-state index contributed by atoms with van der Waals surface area (Å²) in [6.45, 7) is 6.95. The van der Waals surface area contributed by atoms with Gasteiger partial charge in [-0.3, -0.25) is 4.79 Å². The normalized spacial score (nSPS) is 16.5. The van der Waals surface area contributed by atoms with E-state index in [1.165, 1.54) is 0 Å². The highest BCUT2D eigenvalue weighted by molar-refractivity contribution is 7.99. The minimum atomic E-state index is -0.606. The van der Waals surface area contributed by atoms with Crippen LogP contribution >= 0.6 is 11.8 Å². The standard InChI is InChI=1S/C12H26N2O2S/c1-4-6-14-12(3,11(13)16)5-7-17-9-10(2)8-15/h10,14-15H,4-9H2,1-3H3,(H2,13,16). The molecule has 2 unspecified atom stereocenters. The van der Waals surface area contributed by atoms with Crippen LogP contribution in [-0.4, -0.2) is 41.2 Å². The predicted octanol–water partition coefficient (Wildman–Crippen LogP) is 0.982. The SMILES string of the molecule is CCCNC(C)(CCSCC(C)CO)C(N)=O. The largest absolute Gasteiger partial charge is 0.396 e. The Morgan fingerprint density at radius 3 is 2.71 bits per heavy atom. The fourth-order valence-corrected chi connectivity index (χ4v) is 2.54. The lowest BCUT2D eigenvalue weighted by Crippen LogP contribution is -2.53. The van der Waals surface area contributed by atoms with Gasteiger partial charge in [-0.1, -0.05) is 13.8 Å². The second-order valence-corrected chi connectivity index (χ2v) is 5.89. The molecule has 1 amide bonds. The van der Waals surface area contributed by atoms with Crippen molar-refractivity contribution in [2.75, 3.05) is 24.7 Å². The molecule has 4 N–H and O–H groups in total. The highest BCUT2D eigenvalue weighted by Crippen LogP contribution is 2.16. The Bertz CT molecular complexity index is 227. The maximum atomic E-state index is 11.4. The fraction of sp³-hybridized carbons (Fsp3) is 0.917. The monoisotopic (exact) mass is 262 g/mol. The van der Waals surface area contributed by atoms with Crippen molar-refractivity contribution in [1.29, 1.82) is 0 Å². The van der Waals surface area contributed by atoms with Gasteiger partial charge >= 0.3 is 0 Å². The number of rotatable bonds is 10. The topological polar surface area (TPSA) is 75.3 Å². The van der Waals surface area contributed by atoms with E-state index in [-0.39, 0.29) is 12.5 Å². The van der Waals surface area contributed by atoms with Gasteiger partial charge in [0.25, 0.3) is 0 Å². The third kappa shape index (κ3) is 6.91. The molecule has 0 bridgehead atoms.